The summed E-state index contributed by atoms with van der Waals surface area (Å²) in [7, 11) is 2.46. The average molecular weight is 1290 g/mol. The van der Waals surface area contributed by atoms with Crippen LogP contribution >= 0.6 is 0 Å². The Hall–Kier alpha value is -3.63. The van der Waals surface area contributed by atoms with Crippen molar-refractivity contribution in [1.29, 1.82) is 0 Å². The number of rotatable bonds is 23. The second-order valence-corrected chi connectivity index (χ2v) is 27.6. The number of nitrogens with zero attached hydrogens (tertiary/aromatic N) is 1. The Labute approximate surface area is 530 Å². The fourth-order valence-corrected chi connectivity index (χ4v) is 13.0. The minimum Gasteiger partial charge on any atom is -0.495 e. The van der Waals surface area contributed by atoms with E-state index in [4.69, 9.17) is 52.3 Å². The van der Waals surface area contributed by atoms with Gasteiger partial charge in [-0.15, -0.1) is 0 Å². The van der Waals surface area contributed by atoms with Gasteiger partial charge in [-0.2, -0.15) is 8.42 Å². The van der Waals surface area contributed by atoms with E-state index >= 15 is 0 Å². The first kappa shape index (κ1) is 79.6. The smallest absolute Gasteiger partial charge is 0.397 e. The number of fused-ring (bicyclic) bond motifs is 1. The largest absolute Gasteiger partial charge is 0.495 e. The van der Waals surface area contributed by atoms with Crippen molar-refractivity contribution in [3.05, 3.63) is 23.3 Å². The Morgan fingerprint density at radius 3 is 1.91 bits per heavy atom. The maximum atomic E-state index is 14.2. The molecule has 6 N–H and O–H groups in total. The van der Waals surface area contributed by atoms with Crippen molar-refractivity contribution in [3.63, 3.8) is 0 Å². The van der Waals surface area contributed by atoms with E-state index in [0.29, 0.717) is 18.6 Å². The maximum Gasteiger partial charge on any atom is 0.397 e. The van der Waals surface area contributed by atoms with E-state index in [1.165, 1.54) is 86.0 Å². The number of carboxylic acid groups (broad SMARTS) is 1. The lowest BCUT2D eigenvalue weighted by atomic mass is 9.74. The Bertz CT molecular complexity index is 2470. The highest BCUT2D eigenvalue weighted by atomic mass is 32.3. The summed E-state index contributed by atoms with van der Waals surface area (Å²) in [5, 5.41) is 55.6. The van der Waals surface area contributed by atoms with E-state index in [-0.39, 0.29) is 55.6 Å². The maximum absolute atomic E-state index is 14.2. The molecule has 0 aromatic heterocycles. The number of carbonyl (C=O) groups excluding carboxylic acids is 3. The number of hydrogen-bond donors (Lipinski definition) is 6. The molecule has 3 saturated heterocycles. The molecule has 4 aliphatic rings. The van der Waals surface area contributed by atoms with Gasteiger partial charge in [-0.3, -0.25) is 18.9 Å². The third-order valence-corrected chi connectivity index (χ3v) is 18.6. The van der Waals surface area contributed by atoms with E-state index in [1.807, 2.05) is 39.8 Å². The van der Waals surface area contributed by atoms with Gasteiger partial charge in [-0.25, -0.2) is 8.98 Å². The van der Waals surface area contributed by atoms with E-state index in [0.717, 1.165) is 37.0 Å². The van der Waals surface area contributed by atoms with Gasteiger partial charge in [0.25, 0.3) is 0 Å². The van der Waals surface area contributed by atoms with Crippen molar-refractivity contribution in [2.75, 3.05) is 34.9 Å². The summed E-state index contributed by atoms with van der Waals surface area (Å²) in [5.74, 6) is -5.42. The van der Waals surface area contributed by atoms with Gasteiger partial charge in [0.1, 0.15) is 46.3 Å². The van der Waals surface area contributed by atoms with Gasteiger partial charge in [-0.05, 0) is 120 Å². The molecule has 0 spiro atoms. The van der Waals surface area contributed by atoms with Crippen molar-refractivity contribution >= 4 is 34.1 Å². The Morgan fingerprint density at radius 1 is 0.787 bits per heavy atom. The zero-order valence-corrected chi connectivity index (χ0v) is 57.4. The average Bonchev–Trinajstić information content (AvgIpc) is 0.879. The topological polar surface area (TPSA) is 319 Å². The zero-order valence-electron chi connectivity index (χ0n) is 56.6. The minimum atomic E-state index is -4.23. The van der Waals surface area contributed by atoms with Crippen LogP contribution in [0.4, 0.5) is 0 Å². The molecular formula is C65H113NO22S. The van der Waals surface area contributed by atoms with Crippen LogP contribution in [0, 0.1) is 23.7 Å². The van der Waals surface area contributed by atoms with Crippen LogP contribution in [0.1, 0.15) is 216 Å². The fourth-order valence-electron chi connectivity index (χ4n) is 12.6. The lowest BCUT2D eigenvalue weighted by Gasteiger charge is -2.49. The fraction of sp³-hybridized carbons (Fsp3) is 0.846. The predicted molar refractivity (Wildman–Crippen MR) is 333 cm³/mol. The van der Waals surface area contributed by atoms with Crippen LogP contribution in [0.2, 0.25) is 0 Å². The Morgan fingerprint density at radius 2 is 1.38 bits per heavy atom. The normalized spacial score (nSPS) is 34.4. The predicted octanol–water partition coefficient (Wildman–Crippen LogP) is 8.97. The summed E-state index contributed by atoms with van der Waals surface area (Å²) in [6.45, 7) is 24.3. The van der Waals surface area contributed by atoms with Gasteiger partial charge in [0.15, 0.2) is 18.7 Å². The first-order valence-corrected chi connectivity index (χ1v) is 33.6. The van der Waals surface area contributed by atoms with Crippen molar-refractivity contribution < 1.29 is 104 Å². The van der Waals surface area contributed by atoms with Crippen LogP contribution in [0.15, 0.2) is 12.1 Å². The van der Waals surface area contributed by atoms with Crippen molar-refractivity contribution in [2.45, 2.75) is 296 Å². The van der Waals surface area contributed by atoms with Crippen molar-refractivity contribution in [2.24, 2.45) is 23.7 Å². The summed E-state index contributed by atoms with van der Waals surface area (Å²) in [4.78, 5) is 53.9. The number of methoxy groups -OCH3 is 2. The molecule has 1 aromatic carbocycles. The quantitative estimate of drug-likeness (QED) is 0.0338. The number of carbonyl (C=O) groups is 4. The number of ether oxygens (including phenoxy) is 9. The van der Waals surface area contributed by atoms with E-state index in [2.05, 4.69) is 11.1 Å². The number of benzene rings is 1. The molecule has 24 heteroatoms. The highest BCUT2D eigenvalue weighted by Crippen LogP contribution is 2.43. The van der Waals surface area contributed by atoms with Crippen LogP contribution in [-0.2, 0) is 68.5 Å². The number of cyclic esters (lactones) is 1. The second kappa shape index (κ2) is 35.6. The first-order valence-electron chi connectivity index (χ1n) is 32.2. The molecule has 0 radical (unpaired) electrons. The Balaban J connectivity index is 0.000000489. The molecule has 18 unspecified atom stereocenters. The molecule has 1 aromatic rings. The van der Waals surface area contributed by atoms with Crippen molar-refractivity contribution in [3.8, 4) is 11.5 Å². The molecule has 0 saturated carbocycles. The molecule has 18 atom stereocenters. The van der Waals surface area contributed by atoms with Gasteiger partial charge in [0, 0.05) is 43.3 Å². The number of hydrogen-bond acceptors (Lipinski definition) is 21. The number of esters is 2. The van der Waals surface area contributed by atoms with Gasteiger partial charge in [0.2, 0.25) is 0 Å². The summed E-state index contributed by atoms with van der Waals surface area (Å²) in [6, 6.07) is 2.92. The van der Waals surface area contributed by atoms with Gasteiger partial charge in [-0.1, -0.05) is 99.3 Å². The van der Waals surface area contributed by atoms with Crippen LogP contribution < -0.4 is 9.47 Å². The number of Topliss-reactive ketones (excluding diaryl/α,β-unsaturated/α-hetero) is 1. The minimum absolute atomic E-state index is 0.0760. The molecule has 0 bridgehead atoms. The molecule has 4 heterocycles. The summed E-state index contributed by atoms with van der Waals surface area (Å²) < 4.78 is 87.6. The third kappa shape index (κ3) is 23.1. The molecule has 0 aliphatic carbocycles. The third-order valence-electron chi connectivity index (χ3n) is 18.1. The van der Waals surface area contributed by atoms with Crippen LogP contribution in [0.25, 0.3) is 0 Å². The monoisotopic (exact) mass is 1290 g/mol. The van der Waals surface area contributed by atoms with Crippen LogP contribution in [0.3, 0.4) is 0 Å². The number of ketones is 1. The number of likely N-dealkylation sites (N-methyl/N-ethyl adjacent to an activating group) is 1. The number of aromatic carboxylic acids is 1. The molecule has 23 nitrogen and oxygen atoms in total. The van der Waals surface area contributed by atoms with Crippen molar-refractivity contribution in [1.82, 2.24) is 4.90 Å². The molecule has 0 amide bonds. The van der Waals surface area contributed by atoms with E-state index in [9.17, 15) is 48.0 Å². The number of unbranched alkanes of at least 4 members (excludes halogenated alkanes) is 9. The van der Waals surface area contributed by atoms with Gasteiger partial charge in [0.05, 0.1) is 67.4 Å². The summed E-state index contributed by atoms with van der Waals surface area (Å²) >= 11 is 0. The highest BCUT2D eigenvalue weighted by molar-refractivity contribution is 7.80. The lowest BCUT2D eigenvalue weighted by molar-refractivity contribution is -0.319. The van der Waals surface area contributed by atoms with E-state index < -0.39 is 130 Å². The molecule has 516 valence electrons. The van der Waals surface area contributed by atoms with Gasteiger partial charge >= 0.3 is 28.3 Å². The first-order chi connectivity index (χ1) is 41.4. The van der Waals surface area contributed by atoms with Crippen LogP contribution in [-0.4, -0.2) is 192 Å². The zero-order chi connectivity index (χ0) is 67.6. The van der Waals surface area contributed by atoms with Gasteiger partial charge < -0.3 is 73.1 Å². The standard InChI is InChI=1S/C40H71NO14.C13H16O4.C12H26O4S/c1-15-27-40(11,48)33(44)22(5)30(43)20(3)18-38(9,47)35(55-37-32(53-28(42)16-2)26(41(12)13)17-21(4)50-37)23(6)31(24(7)36(46)52-27)54-29-19-39(10,49-14)34(45)25(8)51-29;1-13(2)7-6-8-10(17-13)5-4-9(12(14)15)11(8)16-3;1-2-3-4-5-6-7-8-9-10-11-12-16-17(13,14)15/h20-27,29,31-35,37,44-45,47-48H,15-19H2,1-14H3;4-5H,6-7H2,1-3H3,(H,14,15);2-12H2,1H3,(H,13,14,15). The lowest BCUT2D eigenvalue weighted by Crippen LogP contribution is -2.61. The molecule has 4 aliphatic heterocycles. The number of carboxylic acids is 1. The second-order valence-electron chi connectivity index (χ2n) is 26.5. The molecular weight excluding hydrogens is 1180 g/mol. The summed E-state index contributed by atoms with van der Waals surface area (Å²) in [5.41, 5.74) is -4.08. The Kier molecular flexibility index (Phi) is 31.8. The SMILES string of the molecule is CCC(=O)OC1C(OC2C(C)C(OC3CC(C)(OC)C(O)C(C)O3)C(C)C(=O)OC(CC)C(C)(O)C(O)C(C)C(=O)C(C)CC2(C)O)OC(C)CC1N(C)C.CCCCCCCCCCCCOS(=O)(=O)O.COc1c(C(=O)O)ccc2c1CCC(C)(C)O2. The number of aliphatic hydroxyl groups excluding tert-OH is 2. The number of aliphatic hydroxyl groups is 4. The molecule has 5 rings (SSSR count). The van der Waals surface area contributed by atoms with Crippen LogP contribution in [0.5, 0.6) is 11.5 Å². The molecule has 3 fully saturated rings. The summed E-state index contributed by atoms with van der Waals surface area (Å²) in [6.07, 6.45) is 3.79. The highest BCUT2D eigenvalue weighted by Gasteiger charge is 2.54. The molecule has 89 heavy (non-hydrogen) atoms. The van der Waals surface area contributed by atoms with E-state index in [1.54, 1.807) is 54.5 Å².